The number of nitrogens with zero attached hydrogens (tertiary/aromatic N) is 4. The van der Waals surface area contributed by atoms with Gasteiger partial charge in [0.05, 0.1) is 6.20 Å². The third-order valence-corrected chi connectivity index (χ3v) is 4.82. The molecule has 0 saturated heterocycles. The van der Waals surface area contributed by atoms with Crippen LogP contribution in [-0.4, -0.2) is 24.7 Å². The van der Waals surface area contributed by atoms with Crippen molar-refractivity contribution in [1.29, 1.82) is 0 Å². The molecule has 0 aliphatic heterocycles. The maximum atomic E-state index is 12.4. The summed E-state index contributed by atoms with van der Waals surface area (Å²) in [5, 5.41) is 4.85. The van der Waals surface area contributed by atoms with Gasteiger partial charge in [0.25, 0.3) is 5.56 Å². The third-order valence-electron chi connectivity index (χ3n) is 4.82. The topological polar surface area (TPSA) is 76.5 Å². The molecule has 1 N–H and O–H groups in total. The SMILES string of the molecule is CCc1cccc(-n2ncc3c(=O)[nH]c(CC4CCCC4)nc32)n1. The van der Waals surface area contributed by atoms with Crippen LogP contribution in [0.15, 0.2) is 29.2 Å². The lowest BCUT2D eigenvalue weighted by atomic mass is 10.0. The largest absolute Gasteiger partial charge is 0.310 e. The van der Waals surface area contributed by atoms with Gasteiger partial charge in [0.1, 0.15) is 11.2 Å². The molecule has 1 saturated carbocycles. The molecular formula is C18H21N5O. The van der Waals surface area contributed by atoms with Gasteiger partial charge >= 0.3 is 0 Å². The average molecular weight is 323 g/mol. The summed E-state index contributed by atoms with van der Waals surface area (Å²) in [4.78, 5) is 24.6. The van der Waals surface area contributed by atoms with Crippen LogP contribution in [0, 0.1) is 5.92 Å². The molecule has 6 nitrogen and oxygen atoms in total. The van der Waals surface area contributed by atoms with E-state index in [0.29, 0.717) is 22.8 Å². The summed E-state index contributed by atoms with van der Waals surface area (Å²) in [6.07, 6.45) is 8.27. The van der Waals surface area contributed by atoms with Gasteiger partial charge in [-0.05, 0) is 24.5 Å². The number of aromatic amines is 1. The van der Waals surface area contributed by atoms with Gasteiger partial charge in [0, 0.05) is 12.1 Å². The lowest BCUT2D eigenvalue weighted by Crippen LogP contribution is -2.15. The number of rotatable bonds is 4. The Hall–Kier alpha value is -2.50. The van der Waals surface area contributed by atoms with Crippen LogP contribution in [0.4, 0.5) is 0 Å². The number of fused-ring (bicyclic) bond motifs is 1. The predicted octanol–water partition coefficient (Wildman–Crippen LogP) is 2.80. The smallest absolute Gasteiger partial charge is 0.262 e. The number of hydrogen-bond acceptors (Lipinski definition) is 4. The Kier molecular flexibility index (Phi) is 3.88. The quantitative estimate of drug-likeness (QED) is 0.801. The van der Waals surface area contributed by atoms with Crippen LogP contribution >= 0.6 is 0 Å². The van der Waals surface area contributed by atoms with Crippen LogP contribution in [0.2, 0.25) is 0 Å². The van der Waals surface area contributed by atoms with Gasteiger partial charge in [-0.2, -0.15) is 9.78 Å². The van der Waals surface area contributed by atoms with E-state index in [2.05, 4.69) is 22.0 Å². The number of H-pyrrole nitrogens is 1. The number of pyridine rings is 1. The molecule has 124 valence electrons. The van der Waals surface area contributed by atoms with Gasteiger partial charge in [-0.3, -0.25) is 4.79 Å². The maximum Gasteiger partial charge on any atom is 0.262 e. The molecule has 4 rings (SSSR count). The summed E-state index contributed by atoms with van der Waals surface area (Å²) >= 11 is 0. The van der Waals surface area contributed by atoms with Gasteiger partial charge < -0.3 is 4.98 Å². The first kappa shape index (κ1) is 15.1. The summed E-state index contributed by atoms with van der Waals surface area (Å²) in [6, 6.07) is 5.84. The lowest BCUT2D eigenvalue weighted by molar-refractivity contribution is 0.530. The first-order chi connectivity index (χ1) is 11.7. The molecule has 1 fully saturated rings. The van der Waals surface area contributed by atoms with E-state index >= 15 is 0 Å². The molecule has 3 aromatic rings. The molecule has 0 unspecified atom stereocenters. The monoisotopic (exact) mass is 323 g/mol. The van der Waals surface area contributed by atoms with Crippen LogP contribution < -0.4 is 5.56 Å². The first-order valence-electron chi connectivity index (χ1n) is 8.68. The molecule has 0 radical (unpaired) electrons. The molecule has 0 aromatic carbocycles. The fourth-order valence-electron chi connectivity index (χ4n) is 3.50. The number of aryl methyl sites for hydroxylation is 1. The number of nitrogens with one attached hydrogen (secondary N) is 1. The van der Waals surface area contributed by atoms with Gasteiger partial charge in [0.2, 0.25) is 0 Å². The lowest BCUT2D eigenvalue weighted by Gasteiger charge is -2.08. The van der Waals surface area contributed by atoms with E-state index < -0.39 is 0 Å². The van der Waals surface area contributed by atoms with Crippen molar-refractivity contribution in [3.05, 3.63) is 46.3 Å². The van der Waals surface area contributed by atoms with Crippen molar-refractivity contribution in [3.8, 4) is 5.82 Å². The molecule has 1 aliphatic rings. The van der Waals surface area contributed by atoms with E-state index in [1.165, 1.54) is 25.7 Å². The summed E-state index contributed by atoms with van der Waals surface area (Å²) in [7, 11) is 0. The molecule has 0 bridgehead atoms. The normalized spacial score (nSPS) is 15.4. The maximum absolute atomic E-state index is 12.4. The highest BCUT2D eigenvalue weighted by atomic mass is 16.1. The Balaban J connectivity index is 1.78. The average Bonchev–Trinajstić information content (AvgIpc) is 3.25. The second-order valence-electron chi connectivity index (χ2n) is 6.50. The Morgan fingerprint density at radius 1 is 1.25 bits per heavy atom. The molecule has 1 aliphatic carbocycles. The Morgan fingerprint density at radius 2 is 2.08 bits per heavy atom. The summed E-state index contributed by atoms with van der Waals surface area (Å²) in [6.45, 7) is 2.07. The Morgan fingerprint density at radius 3 is 2.88 bits per heavy atom. The fourth-order valence-corrected chi connectivity index (χ4v) is 3.50. The van der Waals surface area contributed by atoms with Crippen molar-refractivity contribution in [2.75, 3.05) is 0 Å². The highest BCUT2D eigenvalue weighted by molar-refractivity contribution is 5.74. The minimum absolute atomic E-state index is 0.120. The zero-order valence-corrected chi connectivity index (χ0v) is 13.8. The number of aromatic nitrogens is 5. The molecule has 24 heavy (non-hydrogen) atoms. The van der Waals surface area contributed by atoms with Gasteiger partial charge in [-0.1, -0.05) is 38.7 Å². The molecule has 0 spiro atoms. The van der Waals surface area contributed by atoms with Crippen LogP contribution in [-0.2, 0) is 12.8 Å². The van der Waals surface area contributed by atoms with Crippen LogP contribution in [0.25, 0.3) is 16.9 Å². The molecule has 3 aromatic heterocycles. The number of hydrogen-bond donors (Lipinski definition) is 1. The highest BCUT2D eigenvalue weighted by Crippen LogP contribution is 2.27. The predicted molar refractivity (Wildman–Crippen MR) is 92.3 cm³/mol. The summed E-state index contributed by atoms with van der Waals surface area (Å²) in [5.41, 5.74) is 1.46. The standard InChI is InChI=1S/C18H21N5O/c1-2-13-8-5-9-16(20-13)23-17-14(11-19-23)18(24)22-15(21-17)10-12-6-3-4-7-12/h5,8-9,11-12H,2-4,6-7,10H2,1H3,(H,21,22,24). The van der Waals surface area contributed by atoms with Crippen LogP contribution in [0.3, 0.4) is 0 Å². The molecular weight excluding hydrogens is 302 g/mol. The molecule has 3 heterocycles. The van der Waals surface area contributed by atoms with E-state index in [9.17, 15) is 4.79 Å². The van der Waals surface area contributed by atoms with E-state index in [0.717, 1.165) is 24.4 Å². The van der Waals surface area contributed by atoms with E-state index in [-0.39, 0.29) is 5.56 Å². The Labute approximate surface area is 140 Å². The van der Waals surface area contributed by atoms with Crippen molar-refractivity contribution in [1.82, 2.24) is 24.7 Å². The van der Waals surface area contributed by atoms with Crippen molar-refractivity contribution in [3.63, 3.8) is 0 Å². The van der Waals surface area contributed by atoms with Crippen molar-refractivity contribution < 1.29 is 0 Å². The fraction of sp³-hybridized carbons (Fsp3) is 0.444. The summed E-state index contributed by atoms with van der Waals surface area (Å²) < 4.78 is 1.67. The van der Waals surface area contributed by atoms with Crippen molar-refractivity contribution in [2.45, 2.75) is 45.4 Å². The van der Waals surface area contributed by atoms with E-state index in [4.69, 9.17) is 4.98 Å². The Bertz CT molecular complexity index is 921. The van der Waals surface area contributed by atoms with Crippen molar-refractivity contribution >= 4 is 11.0 Å². The van der Waals surface area contributed by atoms with Crippen molar-refractivity contribution in [2.24, 2.45) is 5.92 Å². The zero-order valence-electron chi connectivity index (χ0n) is 13.8. The molecule has 0 atom stereocenters. The minimum atomic E-state index is -0.120. The molecule has 0 amide bonds. The molecule has 6 heteroatoms. The second kappa shape index (κ2) is 6.19. The van der Waals surface area contributed by atoms with E-state index in [1.54, 1.807) is 10.9 Å². The zero-order chi connectivity index (χ0) is 16.5. The second-order valence-corrected chi connectivity index (χ2v) is 6.50. The van der Waals surface area contributed by atoms with Gasteiger partial charge in [0.15, 0.2) is 11.5 Å². The third kappa shape index (κ3) is 2.72. The minimum Gasteiger partial charge on any atom is -0.310 e. The van der Waals surface area contributed by atoms with Crippen LogP contribution in [0.5, 0.6) is 0 Å². The highest BCUT2D eigenvalue weighted by Gasteiger charge is 2.18. The first-order valence-corrected chi connectivity index (χ1v) is 8.68. The van der Waals surface area contributed by atoms with Gasteiger partial charge in [-0.15, -0.1) is 0 Å². The van der Waals surface area contributed by atoms with Crippen LogP contribution in [0.1, 0.15) is 44.1 Å². The van der Waals surface area contributed by atoms with Gasteiger partial charge in [-0.25, -0.2) is 9.97 Å². The van der Waals surface area contributed by atoms with E-state index in [1.807, 2.05) is 18.2 Å². The summed E-state index contributed by atoms with van der Waals surface area (Å²) in [5.74, 6) is 2.09.